The van der Waals surface area contributed by atoms with E-state index in [1.165, 1.54) is 26.1 Å². The van der Waals surface area contributed by atoms with Crippen molar-refractivity contribution in [1.82, 2.24) is 4.31 Å². The molecule has 1 atom stereocenters. The third-order valence-corrected chi connectivity index (χ3v) is 6.47. The van der Waals surface area contributed by atoms with Crippen LogP contribution in [0.1, 0.15) is 13.3 Å². The number of nitrogens with two attached hydrogens (primary N) is 1. The van der Waals surface area contributed by atoms with E-state index in [0.717, 1.165) is 4.31 Å². The Morgan fingerprint density at radius 1 is 1.23 bits per heavy atom. The lowest BCUT2D eigenvalue weighted by Gasteiger charge is -2.24. The molecule has 0 bridgehead atoms. The highest BCUT2D eigenvalue weighted by molar-refractivity contribution is 7.89. The average molecular weight is 391 g/mol. The number of rotatable bonds is 6. The van der Waals surface area contributed by atoms with Crippen molar-refractivity contribution in [1.29, 1.82) is 0 Å². The summed E-state index contributed by atoms with van der Waals surface area (Å²) in [6.45, 7) is 1.52. The summed E-state index contributed by atoms with van der Waals surface area (Å²) in [6, 6.07) is 1.68. The van der Waals surface area contributed by atoms with E-state index in [9.17, 15) is 16.8 Å². The van der Waals surface area contributed by atoms with Crippen LogP contribution in [0.5, 0.6) is 0 Å². The first-order valence-electron chi connectivity index (χ1n) is 6.04. The number of benzene rings is 1. The van der Waals surface area contributed by atoms with Crippen LogP contribution < -0.4 is 5.73 Å². The summed E-state index contributed by atoms with van der Waals surface area (Å²) in [6.07, 6.45) is -0.0645. The summed E-state index contributed by atoms with van der Waals surface area (Å²) in [4.78, 5) is -0.155. The molecule has 0 heterocycles. The molecule has 0 aromatic heterocycles. The lowest BCUT2D eigenvalue weighted by molar-refractivity contribution is 0.376. The Morgan fingerprint density at radius 3 is 2.09 bits per heavy atom. The van der Waals surface area contributed by atoms with E-state index in [-0.39, 0.29) is 27.0 Å². The van der Waals surface area contributed by atoms with E-state index in [1.807, 2.05) is 0 Å². The monoisotopic (exact) mass is 390 g/mol. The SMILES string of the molecule is CC(CCS(=O)(=O)O)N(C)S(=O)(=O)c1cc(Cl)c(N)c(Cl)c1. The first kappa shape index (κ1) is 19.5. The number of hydrogen-bond donors (Lipinski definition) is 2. The largest absolute Gasteiger partial charge is 0.396 e. The molecule has 1 rings (SSSR count). The second kappa shape index (κ2) is 6.90. The van der Waals surface area contributed by atoms with Crippen LogP contribution in [0.3, 0.4) is 0 Å². The second-order valence-corrected chi connectivity index (χ2v) is 9.13. The fourth-order valence-electron chi connectivity index (χ4n) is 1.61. The third-order valence-electron chi connectivity index (χ3n) is 3.14. The number of nitrogens with zero attached hydrogens (tertiary/aromatic N) is 1. The zero-order valence-corrected chi connectivity index (χ0v) is 15.0. The van der Waals surface area contributed by atoms with Gasteiger partial charge in [-0.25, -0.2) is 8.42 Å². The number of anilines is 1. The zero-order chi connectivity index (χ0) is 17.3. The van der Waals surface area contributed by atoms with Crippen molar-refractivity contribution in [2.24, 2.45) is 0 Å². The van der Waals surface area contributed by atoms with Crippen LogP contribution in [0.4, 0.5) is 5.69 Å². The molecule has 0 spiro atoms. The Kier molecular flexibility index (Phi) is 6.10. The molecular formula is C11H16Cl2N2O5S2. The molecule has 0 saturated carbocycles. The van der Waals surface area contributed by atoms with Gasteiger partial charge in [-0.1, -0.05) is 23.2 Å². The van der Waals surface area contributed by atoms with Crippen molar-refractivity contribution in [2.45, 2.75) is 24.3 Å². The van der Waals surface area contributed by atoms with Gasteiger partial charge in [0.25, 0.3) is 10.1 Å². The molecule has 0 radical (unpaired) electrons. The smallest absolute Gasteiger partial charge is 0.264 e. The Balaban J connectivity index is 3.08. The number of nitrogen functional groups attached to an aromatic ring is 1. The van der Waals surface area contributed by atoms with Crippen LogP contribution in [-0.2, 0) is 20.1 Å². The van der Waals surface area contributed by atoms with Gasteiger partial charge in [-0.15, -0.1) is 0 Å². The van der Waals surface area contributed by atoms with Gasteiger partial charge in [0, 0.05) is 13.1 Å². The molecule has 0 fully saturated rings. The van der Waals surface area contributed by atoms with Gasteiger partial charge >= 0.3 is 0 Å². The summed E-state index contributed by atoms with van der Waals surface area (Å²) in [5.41, 5.74) is 5.63. The maximum Gasteiger partial charge on any atom is 0.264 e. The topological polar surface area (TPSA) is 118 Å². The summed E-state index contributed by atoms with van der Waals surface area (Å²) >= 11 is 11.7. The molecular weight excluding hydrogens is 375 g/mol. The number of halogens is 2. The Labute approximate surface area is 139 Å². The van der Waals surface area contributed by atoms with Gasteiger partial charge in [0.05, 0.1) is 26.4 Å². The van der Waals surface area contributed by atoms with Gasteiger partial charge in [-0.05, 0) is 25.5 Å². The van der Waals surface area contributed by atoms with E-state index in [2.05, 4.69) is 0 Å². The normalized spacial score (nSPS) is 14.3. The van der Waals surface area contributed by atoms with Gasteiger partial charge in [0.2, 0.25) is 10.0 Å². The van der Waals surface area contributed by atoms with Crippen LogP contribution >= 0.6 is 23.2 Å². The highest BCUT2D eigenvalue weighted by Gasteiger charge is 2.27. The predicted octanol–water partition coefficient (Wildman–Crippen LogP) is 1.86. The first-order chi connectivity index (χ1) is 9.86. The number of sulfonamides is 1. The molecule has 0 saturated heterocycles. The maximum atomic E-state index is 12.5. The fraction of sp³-hybridized carbons (Fsp3) is 0.455. The highest BCUT2D eigenvalue weighted by Crippen LogP contribution is 2.32. The maximum absolute atomic E-state index is 12.5. The highest BCUT2D eigenvalue weighted by atomic mass is 35.5. The fourth-order valence-corrected chi connectivity index (χ4v) is 4.32. The minimum absolute atomic E-state index is 0.00469. The zero-order valence-electron chi connectivity index (χ0n) is 11.8. The van der Waals surface area contributed by atoms with Crippen LogP contribution in [0.25, 0.3) is 0 Å². The summed E-state index contributed by atoms with van der Waals surface area (Å²) in [5.74, 6) is -0.544. The average Bonchev–Trinajstić information content (AvgIpc) is 2.39. The molecule has 0 amide bonds. The molecule has 11 heteroatoms. The molecule has 0 aliphatic rings. The first-order valence-corrected chi connectivity index (χ1v) is 9.84. The van der Waals surface area contributed by atoms with E-state index >= 15 is 0 Å². The molecule has 22 heavy (non-hydrogen) atoms. The van der Waals surface area contributed by atoms with Gasteiger partial charge < -0.3 is 5.73 Å². The van der Waals surface area contributed by atoms with Crippen LogP contribution in [0.2, 0.25) is 10.0 Å². The van der Waals surface area contributed by atoms with Gasteiger partial charge in [-0.2, -0.15) is 12.7 Å². The van der Waals surface area contributed by atoms with Crippen molar-refractivity contribution in [2.75, 3.05) is 18.5 Å². The van der Waals surface area contributed by atoms with Gasteiger partial charge in [0.1, 0.15) is 0 Å². The van der Waals surface area contributed by atoms with E-state index in [1.54, 1.807) is 0 Å². The Morgan fingerprint density at radius 2 is 1.68 bits per heavy atom. The minimum atomic E-state index is -4.16. The second-order valence-electron chi connectivity index (χ2n) is 4.75. The minimum Gasteiger partial charge on any atom is -0.396 e. The molecule has 0 aliphatic heterocycles. The lowest BCUT2D eigenvalue weighted by Crippen LogP contribution is -2.36. The van der Waals surface area contributed by atoms with Crippen molar-refractivity contribution in [3.8, 4) is 0 Å². The van der Waals surface area contributed by atoms with Crippen molar-refractivity contribution in [3.05, 3.63) is 22.2 Å². The molecule has 1 aromatic carbocycles. The van der Waals surface area contributed by atoms with Gasteiger partial charge in [0.15, 0.2) is 0 Å². The Bertz CT molecular complexity index is 742. The van der Waals surface area contributed by atoms with Crippen LogP contribution in [0, 0.1) is 0 Å². The molecule has 3 N–H and O–H groups in total. The van der Waals surface area contributed by atoms with E-state index in [0.29, 0.717) is 0 Å². The predicted molar refractivity (Wildman–Crippen MR) is 86.3 cm³/mol. The third kappa shape index (κ3) is 4.71. The standard InChI is InChI=1S/C11H16Cl2N2O5S2/c1-7(3-4-21(16,17)18)15(2)22(19,20)8-5-9(12)11(14)10(13)6-8/h5-7H,3-4,14H2,1-2H3,(H,16,17,18). The molecule has 1 unspecified atom stereocenters. The van der Waals surface area contributed by atoms with Crippen LogP contribution in [-0.4, -0.2) is 44.5 Å². The molecule has 7 nitrogen and oxygen atoms in total. The summed E-state index contributed by atoms with van der Waals surface area (Å²) in [7, 11) is -6.80. The lowest BCUT2D eigenvalue weighted by atomic mass is 10.3. The Hall–Kier alpha value is -0.580. The quantitative estimate of drug-likeness (QED) is 0.565. The summed E-state index contributed by atoms with van der Waals surface area (Å²) < 4.78 is 56.1. The molecule has 0 aliphatic carbocycles. The van der Waals surface area contributed by atoms with Crippen molar-refractivity contribution >= 4 is 49.0 Å². The molecule has 1 aromatic rings. The van der Waals surface area contributed by atoms with Crippen LogP contribution in [0.15, 0.2) is 17.0 Å². The van der Waals surface area contributed by atoms with E-state index < -0.39 is 31.9 Å². The van der Waals surface area contributed by atoms with Gasteiger partial charge in [-0.3, -0.25) is 4.55 Å². The van der Waals surface area contributed by atoms with Crippen molar-refractivity contribution in [3.63, 3.8) is 0 Å². The van der Waals surface area contributed by atoms with Crippen molar-refractivity contribution < 1.29 is 21.4 Å². The van der Waals surface area contributed by atoms with E-state index in [4.69, 9.17) is 33.5 Å². The summed E-state index contributed by atoms with van der Waals surface area (Å²) in [5, 5.41) is 0.00938. The number of hydrogen-bond acceptors (Lipinski definition) is 5. The molecule has 126 valence electrons.